The van der Waals surface area contributed by atoms with Crippen LogP contribution in [0.5, 0.6) is 5.75 Å². The predicted octanol–water partition coefficient (Wildman–Crippen LogP) is 16.5. The molecule has 14 rings (SSSR count). The number of hydrogen-bond acceptors (Lipinski definition) is 1. The Labute approximate surface area is 416 Å². The molecule has 71 heavy (non-hydrogen) atoms. The molecule has 2 nitrogen and oxygen atoms in total. The van der Waals surface area contributed by atoms with Gasteiger partial charge in [0.05, 0.1) is 11.0 Å². The SMILES string of the molecule is Cc1ccc(-c2ccc3c(c2)C=C3)cc1.Cc1ccc(-c2ccc3c(c2)c2ccc4ccccc4c2n3-c2ccc(OCc3ccc4c(c3)=CC=4)cc2)cc1.Cc1ccc2c(c1)C(C)(C)c1ccccc1-2. The summed E-state index contributed by atoms with van der Waals surface area (Å²) in [6, 6.07) is 74.7. The first-order chi connectivity index (χ1) is 34.6. The Bertz CT molecular complexity index is 4010. The van der Waals surface area contributed by atoms with E-state index < -0.39 is 0 Å². The third-order valence-electron chi connectivity index (χ3n) is 14.8. The van der Waals surface area contributed by atoms with Crippen molar-refractivity contribution in [1.29, 1.82) is 0 Å². The minimum atomic E-state index is 0.151. The summed E-state index contributed by atoms with van der Waals surface area (Å²) in [6.07, 6.45) is 8.59. The lowest BCUT2D eigenvalue weighted by Gasteiger charge is -2.21. The smallest absolute Gasteiger partial charge is 0.119 e. The Morgan fingerprint density at radius 3 is 1.79 bits per heavy atom. The first-order valence-corrected chi connectivity index (χ1v) is 24.8. The fourth-order valence-corrected chi connectivity index (χ4v) is 10.6. The van der Waals surface area contributed by atoms with E-state index in [1.54, 1.807) is 0 Å². The monoisotopic (exact) mass is 913 g/mol. The summed E-state index contributed by atoms with van der Waals surface area (Å²) in [6.45, 7) is 11.6. The molecule has 0 saturated heterocycles. The highest BCUT2D eigenvalue weighted by Gasteiger charge is 2.34. The van der Waals surface area contributed by atoms with Crippen LogP contribution >= 0.6 is 0 Å². The number of benzene rings is 10. The molecule has 0 unspecified atom stereocenters. The average molecular weight is 914 g/mol. The van der Waals surface area contributed by atoms with E-state index in [2.05, 4.69) is 270 Å². The van der Waals surface area contributed by atoms with Crippen molar-refractivity contribution >= 4 is 56.9 Å². The van der Waals surface area contributed by atoms with Crippen LogP contribution in [-0.2, 0) is 12.0 Å². The van der Waals surface area contributed by atoms with E-state index in [9.17, 15) is 0 Å². The van der Waals surface area contributed by atoms with Gasteiger partial charge < -0.3 is 9.30 Å². The molecule has 1 heterocycles. The van der Waals surface area contributed by atoms with Gasteiger partial charge in [0.2, 0.25) is 0 Å². The Hall–Kier alpha value is -8.46. The van der Waals surface area contributed by atoms with Crippen molar-refractivity contribution in [2.24, 2.45) is 0 Å². The zero-order valence-corrected chi connectivity index (χ0v) is 41.0. The first-order valence-electron chi connectivity index (χ1n) is 24.8. The normalized spacial score (nSPS) is 12.9. The summed E-state index contributed by atoms with van der Waals surface area (Å²) in [4.78, 5) is 0. The minimum Gasteiger partial charge on any atom is -0.489 e. The summed E-state index contributed by atoms with van der Waals surface area (Å²) in [7, 11) is 0. The fourth-order valence-electron chi connectivity index (χ4n) is 10.6. The molecule has 11 aromatic rings. The Morgan fingerprint density at radius 1 is 0.437 bits per heavy atom. The average Bonchev–Trinajstić information content (AvgIpc) is 3.83. The molecule has 342 valence electrons. The summed E-state index contributed by atoms with van der Waals surface area (Å²) in [5, 5.41) is 7.61. The van der Waals surface area contributed by atoms with E-state index in [1.165, 1.54) is 121 Å². The lowest BCUT2D eigenvalue weighted by molar-refractivity contribution is 0.306. The van der Waals surface area contributed by atoms with Gasteiger partial charge in [0.15, 0.2) is 0 Å². The first kappa shape index (κ1) is 43.8. The lowest BCUT2D eigenvalue weighted by Crippen LogP contribution is -2.30. The highest BCUT2D eigenvalue weighted by Crippen LogP contribution is 2.48. The van der Waals surface area contributed by atoms with Gasteiger partial charge in [-0.25, -0.2) is 0 Å². The largest absolute Gasteiger partial charge is 0.489 e. The van der Waals surface area contributed by atoms with Crippen LogP contribution in [-0.4, -0.2) is 4.57 Å². The standard InChI is InChI=1S/C38H27NO.C16H16.C15H12/c1-25-6-9-27(10-7-25)31-15-21-37-36(23-31)35-20-14-29-4-2-3-5-34(29)38(35)39(37)32-16-18-33(19-17-32)40-24-26-8-11-28-12-13-30(28)22-26;1-11-8-9-13-12-6-4-5-7-14(12)16(2,3)15(13)10-11;1-11-2-4-12(5-3-11)14-8-6-13-7-9-15(13)10-14/h2-23H,24H2,1H3;4-10H,1-3H3;2-10H,1H3. The molecule has 0 fully saturated rings. The number of hydrogen-bond donors (Lipinski definition) is 0. The van der Waals surface area contributed by atoms with Gasteiger partial charge in [0.25, 0.3) is 0 Å². The van der Waals surface area contributed by atoms with Crippen LogP contribution in [0.3, 0.4) is 0 Å². The molecule has 0 amide bonds. The molecule has 0 spiro atoms. The van der Waals surface area contributed by atoms with Gasteiger partial charge >= 0.3 is 0 Å². The maximum Gasteiger partial charge on any atom is 0.119 e. The van der Waals surface area contributed by atoms with Crippen LogP contribution in [0.4, 0.5) is 0 Å². The number of fused-ring (bicyclic) bond motifs is 10. The predicted molar refractivity (Wildman–Crippen MR) is 302 cm³/mol. The van der Waals surface area contributed by atoms with Crippen molar-refractivity contribution in [3.05, 3.63) is 261 Å². The van der Waals surface area contributed by atoms with Crippen molar-refractivity contribution < 1.29 is 4.74 Å². The van der Waals surface area contributed by atoms with Crippen LogP contribution in [0, 0.1) is 20.8 Å². The maximum atomic E-state index is 6.17. The second-order valence-electron chi connectivity index (χ2n) is 20.0. The van der Waals surface area contributed by atoms with E-state index in [0.29, 0.717) is 6.61 Å². The summed E-state index contributed by atoms with van der Waals surface area (Å²) in [5.41, 5.74) is 22.3. The van der Waals surface area contributed by atoms with Crippen LogP contribution in [0.1, 0.15) is 58.4 Å². The Morgan fingerprint density at radius 2 is 1.08 bits per heavy atom. The number of aromatic nitrogens is 1. The molecule has 0 bridgehead atoms. The van der Waals surface area contributed by atoms with Gasteiger partial charge in [-0.1, -0.05) is 213 Å². The zero-order valence-electron chi connectivity index (χ0n) is 41.0. The highest BCUT2D eigenvalue weighted by atomic mass is 16.5. The molecule has 0 radical (unpaired) electrons. The molecule has 3 aliphatic rings. The molecular formula is C69H55NO. The van der Waals surface area contributed by atoms with Gasteiger partial charge in [-0.3, -0.25) is 0 Å². The van der Waals surface area contributed by atoms with E-state index in [4.69, 9.17) is 4.74 Å². The van der Waals surface area contributed by atoms with E-state index in [-0.39, 0.29) is 5.41 Å². The molecule has 3 aliphatic carbocycles. The van der Waals surface area contributed by atoms with E-state index in [0.717, 1.165) is 11.4 Å². The number of ether oxygens (including phenoxy) is 1. The molecule has 0 N–H and O–H groups in total. The number of aryl methyl sites for hydroxylation is 3. The lowest BCUT2D eigenvalue weighted by atomic mass is 9.82. The highest BCUT2D eigenvalue weighted by molar-refractivity contribution is 6.19. The van der Waals surface area contributed by atoms with Crippen molar-refractivity contribution in [3.8, 4) is 44.8 Å². The molecule has 1 aromatic heterocycles. The van der Waals surface area contributed by atoms with E-state index >= 15 is 0 Å². The third-order valence-corrected chi connectivity index (χ3v) is 14.8. The van der Waals surface area contributed by atoms with Crippen molar-refractivity contribution in [2.75, 3.05) is 0 Å². The van der Waals surface area contributed by atoms with Crippen molar-refractivity contribution in [2.45, 2.75) is 46.6 Å². The quantitative estimate of drug-likeness (QED) is 0.162. The van der Waals surface area contributed by atoms with Crippen LogP contribution in [0.15, 0.2) is 206 Å². The summed E-state index contributed by atoms with van der Waals surface area (Å²) >= 11 is 0. The Kier molecular flexibility index (Phi) is 11.0. The maximum absolute atomic E-state index is 6.17. The fraction of sp³-hybridized carbons (Fsp3) is 0.101. The second-order valence-corrected chi connectivity index (χ2v) is 20.0. The Balaban J connectivity index is 0.000000135. The topological polar surface area (TPSA) is 14.2 Å². The number of rotatable bonds is 6. The van der Waals surface area contributed by atoms with Crippen LogP contribution in [0.2, 0.25) is 0 Å². The van der Waals surface area contributed by atoms with Crippen LogP contribution < -0.4 is 15.2 Å². The summed E-state index contributed by atoms with van der Waals surface area (Å²) in [5.74, 6) is 0.870. The molecule has 2 heteroatoms. The minimum absolute atomic E-state index is 0.151. The molecule has 10 aromatic carbocycles. The van der Waals surface area contributed by atoms with Crippen molar-refractivity contribution in [1.82, 2.24) is 4.57 Å². The summed E-state index contributed by atoms with van der Waals surface area (Å²) < 4.78 is 8.57. The molecule has 0 aliphatic heterocycles. The molecular weight excluding hydrogens is 859 g/mol. The van der Waals surface area contributed by atoms with Gasteiger partial charge in [0, 0.05) is 27.3 Å². The van der Waals surface area contributed by atoms with Gasteiger partial charge in [-0.05, 0) is 146 Å². The third kappa shape index (κ3) is 8.16. The number of nitrogens with zero attached hydrogens (tertiary/aromatic N) is 1. The second kappa shape index (κ2) is 17.8. The van der Waals surface area contributed by atoms with Crippen molar-refractivity contribution in [3.63, 3.8) is 0 Å². The van der Waals surface area contributed by atoms with Gasteiger partial charge in [0.1, 0.15) is 12.4 Å². The molecule has 0 atom stereocenters. The van der Waals surface area contributed by atoms with E-state index in [1.807, 2.05) is 0 Å². The molecule has 0 saturated carbocycles. The van der Waals surface area contributed by atoms with Gasteiger partial charge in [-0.15, -0.1) is 0 Å². The van der Waals surface area contributed by atoms with Crippen LogP contribution in [0.25, 0.3) is 96.0 Å². The zero-order chi connectivity index (χ0) is 48.2. The van der Waals surface area contributed by atoms with Gasteiger partial charge in [-0.2, -0.15) is 0 Å².